The van der Waals surface area contributed by atoms with E-state index in [1.807, 2.05) is 12.1 Å². The van der Waals surface area contributed by atoms with Crippen LogP contribution in [0.25, 0.3) is 0 Å². The van der Waals surface area contributed by atoms with Crippen LogP contribution in [-0.2, 0) is 4.74 Å². The lowest BCUT2D eigenvalue weighted by atomic mass is 10.2. The summed E-state index contributed by atoms with van der Waals surface area (Å²) in [4.78, 5) is 23.0. The minimum Gasteiger partial charge on any atom is -0.494 e. The Balaban J connectivity index is 1.60. The SMILES string of the molecule is CCCCOc1ccc(C(=O)Nc2cc(N3CCOCC3)ncn2)cc1. The molecular weight excluding hydrogens is 332 g/mol. The van der Waals surface area contributed by atoms with Gasteiger partial charge in [-0.2, -0.15) is 0 Å². The Morgan fingerprint density at radius 2 is 2.00 bits per heavy atom. The van der Waals surface area contributed by atoms with Crippen molar-refractivity contribution in [2.24, 2.45) is 0 Å². The van der Waals surface area contributed by atoms with Gasteiger partial charge in [-0.25, -0.2) is 9.97 Å². The molecule has 7 nitrogen and oxygen atoms in total. The molecule has 0 saturated carbocycles. The molecule has 2 aromatic rings. The zero-order chi connectivity index (χ0) is 18.2. The maximum absolute atomic E-state index is 12.4. The predicted molar refractivity (Wildman–Crippen MR) is 99.9 cm³/mol. The number of unbranched alkanes of at least 4 members (excludes halogenated alkanes) is 1. The van der Waals surface area contributed by atoms with Gasteiger partial charge in [-0.05, 0) is 30.7 Å². The molecule has 0 aliphatic carbocycles. The summed E-state index contributed by atoms with van der Waals surface area (Å²) in [6, 6.07) is 8.90. The molecule has 0 radical (unpaired) electrons. The van der Waals surface area contributed by atoms with Crippen molar-refractivity contribution in [1.29, 1.82) is 0 Å². The number of morpholine rings is 1. The van der Waals surface area contributed by atoms with Gasteiger partial charge in [0.25, 0.3) is 5.91 Å². The highest BCUT2D eigenvalue weighted by molar-refractivity contribution is 6.03. The number of carbonyl (C=O) groups is 1. The molecule has 1 aliphatic rings. The van der Waals surface area contributed by atoms with Gasteiger partial charge in [0.2, 0.25) is 0 Å². The van der Waals surface area contributed by atoms with E-state index in [2.05, 4.69) is 27.1 Å². The standard InChI is InChI=1S/C19H24N4O3/c1-2-3-10-26-16-6-4-15(5-7-16)19(24)22-17-13-18(21-14-20-17)23-8-11-25-12-9-23/h4-7,13-14H,2-3,8-12H2,1H3,(H,20,21,22,24). The number of nitrogens with one attached hydrogen (secondary N) is 1. The van der Waals surface area contributed by atoms with Gasteiger partial charge in [-0.15, -0.1) is 0 Å². The van der Waals surface area contributed by atoms with Crippen LogP contribution in [0.1, 0.15) is 30.1 Å². The van der Waals surface area contributed by atoms with Crippen molar-refractivity contribution >= 4 is 17.5 Å². The Morgan fingerprint density at radius 3 is 2.73 bits per heavy atom. The van der Waals surface area contributed by atoms with Gasteiger partial charge in [0, 0.05) is 24.7 Å². The average Bonchev–Trinajstić information content (AvgIpc) is 2.69. The first-order chi connectivity index (χ1) is 12.8. The molecule has 1 saturated heterocycles. The molecule has 1 aliphatic heterocycles. The third-order valence-electron chi connectivity index (χ3n) is 4.11. The molecule has 1 amide bonds. The number of nitrogens with zero attached hydrogens (tertiary/aromatic N) is 3. The van der Waals surface area contributed by atoms with E-state index in [1.165, 1.54) is 6.33 Å². The van der Waals surface area contributed by atoms with Crippen molar-refractivity contribution < 1.29 is 14.3 Å². The van der Waals surface area contributed by atoms with E-state index in [0.717, 1.165) is 37.5 Å². The molecule has 0 unspecified atom stereocenters. The van der Waals surface area contributed by atoms with E-state index in [0.29, 0.717) is 31.2 Å². The Bertz CT molecular complexity index is 715. The molecule has 0 bridgehead atoms. The second kappa shape index (κ2) is 9.15. The fourth-order valence-corrected chi connectivity index (χ4v) is 2.61. The van der Waals surface area contributed by atoms with E-state index in [-0.39, 0.29) is 5.91 Å². The number of amides is 1. The lowest BCUT2D eigenvalue weighted by molar-refractivity contribution is 0.102. The minimum atomic E-state index is -0.211. The molecule has 138 valence electrons. The van der Waals surface area contributed by atoms with Crippen molar-refractivity contribution in [3.63, 3.8) is 0 Å². The smallest absolute Gasteiger partial charge is 0.256 e. The van der Waals surface area contributed by atoms with Crippen LogP contribution in [-0.4, -0.2) is 48.8 Å². The molecule has 1 aromatic heterocycles. The van der Waals surface area contributed by atoms with E-state index < -0.39 is 0 Å². The number of ether oxygens (including phenoxy) is 2. The first-order valence-electron chi connectivity index (χ1n) is 8.95. The summed E-state index contributed by atoms with van der Waals surface area (Å²) in [5.41, 5.74) is 0.555. The fourth-order valence-electron chi connectivity index (χ4n) is 2.61. The monoisotopic (exact) mass is 356 g/mol. The maximum Gasteiger partial charge on any atom is 0.256 e. The fraction of sp³-hybridized carbons (Fsp3) is 0.421. The van der Waals surface area contributed by atoms with Crippen molar-refractivity contribution in [3.8, 4) is 5.75 Å². The second-order valence-corrected chi connectivity index (χ2v) is 6.04. The van der Waals surface area contributed by atoms with Crippen LogP contribution in [0.4, 0.5) is 11.6 Å². The molecular formula is C19H24N4O3. The third kappa shape index (κ3) is 4.92. The van der Waals surface area contributed by atoms with Crippen molar-refractivity contribution in [1.82, 2.24) is 9.97 Å². The average molecular weight is 356 g/mol. The van der Waals surface area contributed by atoms with Crippen molar-refractivity contribution in [3.05, 3.63) is 42.2 Å². The van der Waals surface area contributed by atoms with Gasteiger partial charge in [-0.1, -0.05) is 13.3 Å². The molecule has 26 heavy (non-hydrogen) atoms. The minimum absolute atomic E-state index is 0.211. The van der Waals surface area contributed by atoms with Crippen molar-refractivity contribution in [2.75, 3.05) is 43.1 Å². The molecule has 0 atom stereocenters. The van der Waals surface area contributed by atoms with Gasteiger partial charge < -0.3 is 19.7 Å². The van der Waals surface area contributed by atoms with Crippen LogP contribution in [0.3, 0.4) is 0 Å². The Labute approximate surface area is 153 Å². The summed E-state index contributed by atoms with van der Waals surface area (Å²) in [5, 5.41) is 2.82. The van der Waals surface area contributed by atoms with Crippen LogP contribution in [0.15, 0.2) is 36.7 Å². The van der Waals surface area contributed by atoms with Crippen LogP contribution in [0, 0.1) is 0 Å². The lowest BCUT2D eigenvalue weighted by Crippen LogP contribution is -2.36. The molecule has 3 rings (SSSR count). The summed E-state index contributed by atoms with van der Waals surface area (Å²) < 4.78 is 11.0. The normalized spacial score (nSPS) is 14.1. The highest BCUT2D eigenvalue weighted by atomic mass is 16.5. The van der Waals surface area contributed by atoms with Crippen LogP contribution in [0.2, 0.25) is 0 Å². The van der Waals surface area contributed by atoms with E-state index in [1.54, 1.807) is 18.2 Å². The van der Waals surface area contributed by atoms with E-state index >= 15 is 0 Å². The zero-order valence-electron chi connectivity index (χ0n) is 15.0. The number of rotatable bonds is 7. The summed E-state index contributed by atoms with van der Waals surface area (Å²) in [5.74, 6) is 1.83. The van der Waals surface area contributed by atoms with Crippen LogP contribution >= 0.6 is 0 Å². The highest BCUT2D eigenvalue weighted by Crippen LogP contribution is 2.17. The molecule has 1 fully saturated rings. The van der Waals surface area contributed by atoms with E-state index in [9.17, 15) is 4.79 Å². The van der Waals surface area contributed by atoms with Crippen molar-refractivity contribution in [2.45, 2.75) is 19.8 Å². The molecule has 0 spiro atoms. The molecule has 1 N–H and O–H groups in total. The first kappa shape index (κ1) is 18.1. The van der Waals surface area contributed by atoms with Crippen LogP contribution < -0.4 is 15.0 Å². The summed E-state index contributed by atoms with van der Waals surface area (Å²) in [6.07, 6.45) is 3.57. The third-order valence-corrected chi connectivity index (χ3v) is 4.11. The number of benzene rings is 1. The van der Waals surface area contributed by atoms with Crippen LogP contribution in [0.5, 0.6) is 5.75 Å². The molecule has 2 heterocycles. The number of aromatic nitrogens is 2. The molecule has 1 aromatic carbocycles. The topological polar surface area (TPSA) is 76.6 Å². The van der Waals surface area contributed by atoms with E-state index in [4.69, 9.17) is 9.47 Å². The highest BCUT2D eigenvalue weighted by Gasteiger charge is 2.14. The lowest BCUT2D eigenvalue weighted by Gasteiger charge is -2.27. The first-order valence-corrected chi connectivity index (χ1v) is 8.95. The zero-order valence-corrected chi connectivity index (χ0v) is 15.0. The number of anilines is 2. The van der Waals surface area contributed by atoms with Gasteiger partial charge in [0.1, 0.15) is 23.7 Å². The summed E-state index contributed by atoms with van der Waals surface area (Å²) in [7, 11) is 0. The number of hydrogen-bond acceptors (Lipinski definition) is 6. The summed E-state index contributed by atoms with van der Waals surface area (Å²) >= 11 is 0. The van der Waals surface area contributed by atoms with Gasteiger partial charge >= 0.3 is 0 Å². The predicted octanol–water partition coefficient (Wildman–Crippen LogP) is 2.74. The van der Waals surface area contributed by atoms with Gasteiger partial charge in [0.15, 0.2) is 0 Å². The Morgan fingerprint density at radius 1 is 1.23 bits per heavy atom. The number of carbonyl (C=O) groups excluding carboxylic acids is 1. The summed E-state index contributed by atoms with van der Waals surface area (Å²) in [6.45, 7) is 5.73. The quantitative estimate of drug-likeness (QED) is 0.769. The number of hydrogen-bond donors (Lipinski definition) is 1. The maximum atomic E-state index is 12.4. The Hall–Kier alpha value is -2.67. The largest absolute Gasteiger partial charge is 0.494 e. The van der Waals surface area contributed by atoms with Gasteiger partial charge in [-0.3, -0.25) is 4.79 Å². The molecule has 7 heteroatoms. The Kier molecular flexibility index (Phi) is 6.38. The van der Waals surface area contributed by atoms with Gasteiger partial charge in [0.05, 0.1) is 19.8 Å². The second-order valence-electron chi connectivity index (χ2n) is 6.04.